The van der Waals surface area contributed by atoms with Gasteiger partial charge < -0.3 is 14.8 Å². The number of para-hydroxylation sites is 1. The van der Waals surface area contributed by atoms with Crippen molar-refractivity contribution in [1.29, 1.82) is 0 Å². The average molecular weight is 291 g/mol. The first-order valence-corrected chi connectivity index (χ1v) is 8.19. The minimum atomic E-state index is 0.357. The Morgan fingerprint density at radius 2 is 2.19 bits per heavy atom. The highest BCUT2D eigenvalue weighted by Gasteiger charge is 2.24. The monoisotopic (exact) mass is 291 g/mol. The van der Waals surface area contributed by atoms with Crippen LogP contribution >= 0.6 is 0 Å². The molecule has 0 fully saturated rings. The number of fused-ring (bicyclic) bond motifs is 1. The highest BCUT2D eigenvalue weighted by atomic mass is 16.5. The lowest BCUT2D eigenvalue weighted by molar-refractivity contribution is 0.103. The lowest BCUT2D eigenvalue weighted by Crippen LogP contribution is -2.40. The molecule has 0 saturated heterocycles. The fraction of sp³-hybridized carbons (Fsp3) is 0.667. The number of hydrogen-bond acceptors (Lipinski definition) is 3. The average Bonchev–Trinajstić information content (AvgIpc) is 2.66. The second-order valence-electron chi connectivity index (χ2n) is 6.21. The van der Waals surface area contributed by atoms with Gasteiger partial charge in [-0.15, -0.1) is 0 Å². The van der Waals surface area contributed by atoms with E-state index >= 15 is 0 Å². The molecule has 0 radical (unpaired) electrons. The van der Waals surface area contributed by atoms with Crippen LogP contribution in [0.25, 0.3) is 0 Å². The van der Waals surface area contributed by atoms with Crippen LogP contribution in [0, 0.1) is 12.8 Å². The summed E-state index contributed by atoms with van der Waals surface area (Å²) in [4.78, 5) is 0. The molecule has 0 saturated carbocycles. The first-order valence-electron chi connectivity index (χ1n) is 8.19. The van der Waals surface area contributed by atoms with Gasteiger partial charge in [-0.2, -0.15) is 0 Å². The molecule has 2 rings (SSSR count). The Morgan fingerprint density at radius 3 is 2.90 bits per heavy atom. The molecule has 3 heteroatoms. The lowest BCUT2D eigenvalue weighted by atomic mass is 9.96. The van der Waals surface area contributed by atoms with Crippen LogP contribution in [-0.2, 0) is 4.74 Å². The molecule has 1 aliphatic heterocycles. The minimum Gasteiger partial charge on any atom is -0.493 e. The van der Waals surface area contributed by atoms with Gasteiger partial charge in [0.25, 0.3) is 0 Å². The third kappa shape index (κ3) is 4.21. The Kier molecular flexibility index (Phi) is 6.07. The van der Waals surface area contributed by atoms with Gasteiger partial charge in [0.05, 0.1) is 13.2 Å². The molecule has 2 atom stereocenters. The maximum atomic E-state index is 5.96. The van der Waals surface area contributed by atoms with Crippen LogP contribution in [0.4, 0.5) is 0 Å². The Morgan fingerprint density at radius 1 is 1.38 bits per heavy atom. The summed E-state index contributed by atoms with van der Waals surface area (Å²) >= 11 is 0. The van der Waals surface area contributed by atoms with Crippen LogP contribution in [0.5, 0.6) is 5.75 Å². The number of ether oxygens (including phenoxy) is 2. The van der Waals surface area contributed by atoms with E-state index in [2.05, 4.69) is 51.2 Å². The molecule has 0 spiro atoms. The molecule has 0 bridgehead atoms. The highest BCUT2D eigenvalue weighted by molar-refractivity contribution is 5.43. The van der Waals surface area contributed by atoms with Crippen molar-refractivity contribution in [2.45, 2.75) is 52.6 Å². The number of rotatable bonds is 6. The third-order valence-corrected chi connectivity index (χ3v) is 4.22. The van der Waals surface area contributed by atoms with Gasteiger partial charge in [-0.25, -0.2) is 0 Å². The summed E-state index contributed by atoms with van der Waals surface area (Å²) in [7, 11) is 0. The highest BCUT2D eigenvalue weighted by Crippen LogP contribution is 2.34. The Bertz CT molecular complexity index is 445. The van der Waals surface area contributed by atoms with Gasteiger partial charge in [0.1, 0.15) is 5.75 Å². The molecular formula is C18H29NO2. The third-order valence-electron chi connectivity index (χ3n) is 4.22. The van der Waals surface area contributed by atoms with Crippen molar-refractivity contribution in [2.75, 3.05) is 19.8 Å². The number of aryl methyl sites for hydroxylation is 1. The van der Waals surface area contributed by atoms with Gasteiger partial charge >= 0.3 is 0 Å². The number of benzene rings is 1. The Balaban J connectivity index is 2.17. The van der Waals surface area contributed by atoms with Crippen molar-refractivity contribution in [3.8, 4) is 5.75 Å². The second kappa shape index (κ2) is 7.81. The Hall–Kier alpha value is -1.06. The van der Waals surface area contributed by atoms with E-state index in [4.69, 9.17) is 9.47 Å². The zero-order valence-corrected chi connectivity index (χ0v) is 13.8. The first kappa shape index (κ1) is 16.3. The molecule has 1 N–H and O–H groups in total. The van der Waals surface area contributed by atoms with E-state index in [1.807, 2.05) is 0 Å². The molecule has 1 aromatic rings. The van der Waals surface area contributed by atoms with Crippen LogP contribution in [0.3, 0.4) is 0 Å². The molecule has 21 heavy (non-hydrogen) atoms. The normalized spacial score (nSPS) is 19.8. The molecule has 3 nitrogen and oxygen atoms in total. The zero-order valence-electron chi connectivity index (χ0n) is 13.8. The van der Waals surface area contributed by atoms with Crippen molar-refractivity contribution in [3.63, 3.8) is 0 Å². The first-order chi connectivity index (χ1) is 10.1. The molecule has 2 unspecified atom stereocenters. The summed E-state index contributed by atoms with van der Waals surface area (Å²) in [6, 6.07) is 7.19. The maximum absolute atomic E-state index is 5.96. The van der Waals surface area contributed by atoms with Gasteiger partial charge in [-0.3, -0.25) is 0 Å². The number of hydrogen-bond donors (Lipinski definition) is 1. The quantitative estimate of drug-likeness (QED) is 0.863. The maximum Gasteiger partial charge on any atom is 0.126 e. The van der Waals surface area contributed by atoms with Crippen molar-refractivity contribution >= 4 is 0 Å². The standard InChI is InChI=1S/C18H29NO2/c1-5-20-12-17(13(2)3)19-16-10-7-11-21-18-14(4)8-6-9-15(16)18/h6,8-9,13,16-17,19H,5,7,10-12H2,1-4H3. The largest absolute Gasteiger partial charge is 0.493 e. The van der Waals surface area contributed by atoms with Gasteiger partial charge in [0.15, 0.2) is 0 Å². The van der Waals surface area contributed by atoms with E-state index in [0.717, 1.165) is 38.4 Å². The molecule has 1 aliphatic rings. The second-order valence-corrected chi connectivity index (χ2v) is 6.21. The van der Waals surface area contributed by atoms with Crippen molar-refractivity contribution in [1.82, 2.24) is 5.32 Å². The summed E-state index contributed by atoms with van der Waals surface area (Å²) in [5.74, 6) is 1.63. The van der Waals surface area contributed by atoms with Crippen LogP contribution in [0.1, 0.15) is 50.8 Å². The van der Waals surface area contributed by atoms with Gasteiger partial charge in [0.2, 0.25) is 0 Å². The van der Waals surface area contributed by atoms with E-state index in [1.165, 1.54) is 11.1 Å². The van der Waals surface area contributed by atoms with Gasteiger partial charge in [-0.05, 0) is 38.2 Å². The summed E-state index contributed by atoms with van der Waals surface area (Å²) < 4.78 is 11.6. The summed E-state index contributed by atoms with van der Waals surface area (Å²) in [5, 5.41) is 3.81. The molecule has 118 valence electrons. The fourth-order valence-electron chi connectivity index (χ4n) is 2.87. The zero-order chi connectivity index (χ0) is 15.2. The van der Waals surface area contributed by atoms with Gasteiger partial charge in [0, 0.05) is 24.3 Å². The fourth-order valence-corrected chi connectivity index (χ4v) is 2.87. The van der Waals surface area contributed by atoms with E-state index in [1.54, 1.807) is 0 Å². The predicted molar refractivity (Wildman–Crippen MR) is 86.9 cm³/mol. The van der Waals surface area contributed by atoms with Crippen LogP contribution in [-0.4, -0.2) is 25.9 Å². The van der Waals surface area contributed by atoms with Crippen LogP contribution in [0.15, 0.2) is 18.2 Å². The predicted octanol–water partition coefficient (Wildman–Crippen LogP) is 3.86. The molecule has 0 amide bonds. The summed E-state index contributed by atoms with van der Waals surface area (Å²) in [6.07, 6.45) is 2.21. The molecule has 0 aliphatic carbocycles. The smallest absolute Gasteiger partial charge is 0.126 e. The molecule has 1 aromatic carbocycles. The molecule has 1 heterocycles. The van der Waals surface area contributed by atoms with Gasteiger partial charge in [-0.1, -0.05) is 32.0 Å². The van der Waals surface area contributed by atoms with E-state index in [9.17, 15) is 0 Å². The van der Waals surface area contributed by atoms with Crippen LogP contribution < -0.4 is 10.1 Å². The van der Waals surface area contributed by atoms with Crippen molar-refractivity contribution < 1.29 is 9.47 Å². The summed E-state index contributed by atoms with van der Waals surface area (Å²) in [6.45, 7) is 11.0. The van der Waals surface area contributed by atoms with E-state index in [-0.39, 0.29) is 0 Å². The SMILES string of the molecule is CCOCC(NC1CCCOc2c(C)cccc21)C(C)C. The van der Waals surface area contributed by atoms with E-state index in [0.29, 0.717) is 18.0 Å². The van der Waals surface area contributed by atoms with Crippen molar-refractivity contribution in [2.24, 2.45) is 5.92 Å². The topological polar surface area (TPSA) is 30.5 Å². The lowest BCUT2D eigenvalue weighted by Gasteiger charge is -2.28. The van der Waals surface area contributed by atoms with E-state index < -0.39 is 0 Å². The number of nitrogens with one attached hydrogen (secondary N) is 1. The van der Waals surface area contributed by atoms with Crippen molar-refractivity contribution in [3.05, 3.63) is 29.3 Å². The minimum absolute atomic E-state index is 0.357. The molecular weight excluding hydrogens is 262 g/mol. The Labute approximate surface area is 129 Å². The van der Waals surface area contributed by atoms with Crippen LogP contribution in [0.2, 0.25) is 0 Å². The summed E-state index contributed by atoms with van der Waals surface area (Å²) in [5.41, 5.74) is 2.53. The molecule has 0 aromatic heterocycles.